The lowest BCUT2D eigenvalue weighted by Gasteiger charge is -2.22. The Hall–Kier alpha value is -1.38. The third-order valence-electron chi connectivity index (χ3n) is 3.18. The zero-order chi connectivity index (χ0) is 14.0. The van der Waals surface area contributed by atoms with Crippen molar-refractivity contribution in [2.24, 2.45) is 0 Å². The molecule has 1 aliphatic heterocycles. The van der Waals surface area contributed by atoms with Crippen molar-refractivity contribution in [1.82, 2.24) is 9.78 Å². The number of aromatic nitrogens is 2. The van der Waals surface area contributed by atoms with Crippen LogP contribution in [0.15, 0.2) is 34.1 Å². The lowest BCUT2D eigenvalue weighted by Crippen LogP contribution is -2.19. The van der Waals surface area contributed by atoms with Crippen LogP contribution in [0.25, 0.3) is 0 Å². The standard InChI is InChI=1S/C12H15N3O3S2/c16-20(17,12-2-1-7-19-12)14-10-8-13-15(9-10)11-3-5-18-6-4-11/h1-2,7-9,11,14H,3-6H2. The molecule has 0 bridgehead atoms. The Labute approximate surface area is 121 Å². The number of ether oxygens (including phenoxy) is 1. The Bertz CT molecular complexity index is 658. The molecule has 3 rings (SSSR count). The molecule has 1 N–H and O–H groups in total. The van der Waals surface area contributed by atoms with Crippen molar-refractivity contribution in [2.45, 2.75) is 23.1 Å². The molecule has 2 aromatic heterocycles. The van der Waals surface area contributed by atoms with Crippen molar-refractivity contribution < 1.29 is 13.2 Å². The number of rotatable bonds is 4. The third kappa shape index (κ3) is 2.87. The molecule has 8 heteroatoms. The van der Waals surface area contributed by atoms with E-state index in [1.807, 2.05) is 4.68 Å². The topological polar surface area (TPSA) is 73.2 Å². The Balaban J connectivity index is 1.74. The summed E-state index contributed by atoms with van der Waals surface area (Å²) in [7, 11) is -3.50. The average Bonchev–Trinajstić information content (AvgIpc) is 3.10. The van der Waals surface area contributed by atoms with Gasteiger partial charge in [-0.2, -0.15) is 5.10 Å². The normalized spacial score (nSPS) is 17.2. The zero-order valence-corrected chi connectivity index (χ0v) is 12.4. The molecule has 2 aromatic rings. The first kappa shape index (κ1) is 13.6. The maximum Gasteiger partial charge on any atom is 0.271 e. The lowest BCUT2D eigenvalue weighted by molar-refractivity contribution is 0.0662. The minimum atomic E-state index is -3.50. The van der Waals surface area contributed by atoms with Gasteiger partial charge in [0.15, 0.2) is 0 Å². The van der Waals surface area contributed by atoms with Crippen LogP contribution in [-0.4, -0.2) is 31.4 Å². The highest BCUT2D eigenvalue weighted by molar-refractivity contribution is 7.94. The first-order valence-electron chi connectivity index (χ1n) is 6.33. The zero-order valence-electron chi connectivity index (χ0n) is 10.7. The van der Waals surface area contributed by atoms with Gasteiger partial charge in [-0.15, -0.1) is 11.3 Å². The molecular formula is C12H15N3O3S2. The summed E-state index contributed by atoms with van der Waals surface area (Å²) in [6, 6.07) is 3.57. The molecule has 1 fully saturated rings. The quantitative estimate of drug-likeness (QED) is 0.938. The van der Waals surface area contributed by atoms with Crippen molar-refractivity contribution in [2.75, 3.05) is 17.9 Å². The molecule has 0 spiro atoms. The van der Waals surface area contributed by atoms with Crippen LogP contribution in [0.5, 0.6) is 0 Å². The molecule has 0 aromatic carbocycles. The third-order valence-corrected chi connectivity index (χ3v) is 5.96. The molecule has 0 aliphatic carbocycles. The van der Waals surface area contributed by atoms with Crippen molar-refractivity contribution in [1.29, 1.82) is 0 Å². The second-order valence-corrected chi connectivity index (χ2v) is 7.45. The fourth-order valence-corrected chi connectivity index (χ4v) is 4.18. The van der Waals surface area contributed by atoms with Crippen molar-refractivity contribution in [3.05, 3.63) is 29.9 Å². The highest BCUT2D eigenvalue weighted by Crippen LogP contribution is 2.23. The van der Waals surface area contributed by atoms with Gasteiger partial charge in [-0.1, -0.05) is 6.07 Å². The Morgan fingerprint density at radius 3 is 2.90 bits per heavy atom. The second kappa shape index (κ2) is 5.55. The number of nitrogens with one attached hydrogen (secondary N) is 1. The second-order valence-electron chi connectivity index (χ2n) is 4.59. The Morgan fingerprint density at radius 1 is 1.40 bits per heavy atom. The number of sulfonamides is 1. The number of hydrogen-bond acceptors (Lipinski definition) is 5. The Morgan fingerprint density at radius 2 is 2.20 bits per heavy atom. The Kier molecular flexibility index (Phi) is 3.77. The van der Waals surface area contributed by atoms with E-state index in [2.05, 4.69) is 9.82 Å². The van der Waals surface area contributed by atoms with E-state index >= 15 is 0 Å². The summed E-state index contributed by atoms with van der Waals surface area (Å²) < 4.78 is 34.2. The molecular weight excluding hydrogens is 298 g/mol. The molecule has 1 saturated heterocycles. The summed E-state index contributed by atoms with van der Waals surface area (Å²) in [6.07, 6.45) is 5.08. The summed E-state index contributed by atoms with van der Waals surface area (Å²) in [5.41, 5.74) is 0.491. The average molecular weight is 313 g/mol. The summed E-state index contributed by atoms with van der Waals surface area (Å²) >= 11 is 1.19. The fourth-order valence-electron chi connectivity index (χ4n) is 2.16. The highest BCUT2D eigenvalue weighted by atomic mass is 32.2. The maximum atomic E-state index is 12.1. The monoisotopic (exact) mass is 313 g/mol. The first-order chi connectivity index (χ1) is 9.65. The maximum absolute atomic E-state index is 12.1. The largest absolute Gasteiger partial charge is 0.381 e. The smallest absolute Gasteiger partial charge is 0.271 e. The predicted molar refractivity (Wildman–Crippen MR) is 76.4 cm³/mol. The van der Waals surface area contributed by atoms with E-state index < -0.39 is 10.0 Å². The van der Waals surface area contributed by atoms with E-state index in [9.17, 15) is 8.42 Å². The van der Waals surface area contributed by atoms with E-state index in [1.54, 1.807) is 29.9 Å². The molecule has 6 nitrogen and oxygen atoms in total. The number of thiophene rings is 1. The summed E-state index contributed by atoms with van der Waals surface area (Å²) in [5.74, 6) is 0. The summed E-state index contributed by atoms with van der Waals surface area (Å²) in [4.78, 5) is 0. The summed E-state index contributed by atoms with van der Waals surface area (Å²) in [6.45, 7) is 1.45. The van der Waals surface area contributed by atoms with Gasteiger partial charge in [0.25, 0.3) is 10.0 Å². The van der Waals surface area contributed by atoms with Crippen LogP contribution in [0.4, 0.5) is 5.69 Å². The van der Waals surface area contributed by atoms with E-state index in [-0.39, 0.29) is 6.04 Å². The van der Waals surface area contributed by atoms with Gasteiger partial charge in [-0.25, -0.2) is 8.42 Å². The molecule has 3 heterocycles. The molecule has 0 radical (unpaired) electrons. The van der Waals surface area contributed by atoms with Gasteiger partial charge in [-0.05, 0) is 24.3 Å². The lowest BCUT2D eigenvalue weighted by atomic mass is 10.1. The van der Waals surface area contributed by atoms with Crippen molar-refractivity contribution >= 4 is 27.0 Å². The van der Waals surface area contributed by atoms with Crippen LogP contribution in [-0.2, 0) is 14.8 Å². The van der Waals surface area contributed by atoms with Crippen LogP contribution < -0.4 is 4.72 Å². The van der Waals surface area contributed by atoms with Gasteiger partial charge in [0, 0.05) is 19.4 Å². The van der Waals surface area contributed by atoms with Crippen LogP contribution in [0.3, 0.4) is 0 Å². The van der Waals surface area contributed by atoms with Gasteiger partial charge in [-0.3, -0.25) is 9.40 Å². The highest BCUT2D eigenvalue weighted by Gasteiger charge is 2.19. The van der Waals surface area contributed by atoms with E-state index in [1.165, 1.54) is 11.3 Å². The number of nitrogens with zero attached hydrogens (tertiary/aromatic N) is 2. The van der Waals surface area contributed by atoms with Crippen LogP contribution in [0.2, 0.25) is 0 Å². The molecule has 20 heavy (non-hydrogen) atoms. The van der Waals surface area contributed by atoms with Gasteiger partial charge in [0.2, 0.25) is 0 Å². The van der Waals surface area contributed by atoms with E-state index in [4.69, 9.17) is 4.74 Å². The van der Waals surface area contributed by atoms with E-state index in [0.717, 1.165) is 26.1 Å². The molecule has 0 unspecified atom stereocenters. The molecule has 108 valence electrons. The van der Waals surface area contributed by atoms with Gasteiger partial charge in [0.1, 0.15) is 4.21 Å². The van der Waals surface area contributed by atoms with E-state index in [0.29, 0.717) is 9.90 Å². The molecule has 0 saturated carbocycles. The van der Waals surface area contributed by atoms with Crippen LogP contribution in [0.1, 0.15) is 18.9 Å². The predicted octanol–water partition coefficient (Wildman–Crippen LogP) is 2.10. The van der Waals surface area contributed by atoms with Crippen molar-refractivity contribution in [3.63, 3.8) is 0 Å². The fraction of sp³-hybridized carbons (Fsp3) is 0.417. The van der Waals surface area contributed by atoms with Gasteiger partial charge in [0.05, 0.1) is 17.9 Å². The first-order valence-corrected chi connectivity index (χ1v) is 8.70. The van der Waals surface area contributed by atoms with Crippen LogP contribution >= 0.6 is 11.3 Å². The minimum absolute atomic E-state index is 0.281. The minimum Gasteiger partial charge on any atom is -0.381 e. The summed E-state index contributed by atoms with van der Waals surface area (Å²) in [5, 5.41) is 5.98. The molecule has 1 aliphatic rings. The van der Waals surface area contributed by atoms with Gasteiger partial charge < -0.3 is 4.74 Å². The number of hydrogen-bond donors (Lipinski definition) is 1. The number of anilines is 1. The SMILES string of the molecule is O=S(=O)(Nc1cnn(C2CCOCC2)c1)c1cccs1. The molecule has 0 atom stereocenters. The van der Waals surface area contributed by atoms with Crippen LogP contribution in [0, 0.1) is 0 Å². The van der Waals surface area contributed by atoms with Gasteiger partial charge >= 0.3 is 0 Å². The molecule has 0 amide bonds. The van der Waals surface area contributed by atoms with Crippen molar-refractivity contribution in [3.8, 4) is 0 Å².